The Balaban J connectivity index is 1.82. The first-order valence-electron chi connectivity index (χ1n) is 8.19. The maximum Gasteiger partial charge on any atom is 0.251 e. The molecular weight excluding hydrogens is 354 g/mol. The van der Waals surface area contributed by atoms with Crippen molar-refractivity contribution in [2.45, 2.75) is 33.2 Å². The number of carbonyl (C=O) groups excluding carboxylic acids is 2. The number of thiazole rings is 1. The second kappa shape index (κ2) is 7.56. The monoisotopic (exact) mass is 373 g/mol. The lowest BCUT2D eigenvalue weighted by molar-refractivity contribution is -0.121. The van der Waals surface area contributed by atoms with Gasteiger partial charge >= 0.3 is 0 Å². The van der Waals surface area contributed by atoms with Crippen LogP contribution in [0.2, 0.25) is 0 Å². The van der Waals surface area contributed by atoms with Crippen LogP contribution in [-0.2, 0) is 9.59 Å². The number of benzene rings is 1. The van der Waals surface area contributed by atoms with E-state index in [2.05, 4.69) is 31.1 Å². The van der Waals surface area contributed by atoms with Crippen molar-refractivity contribution in [2.24, 2.45) is 5.92 Å². The van der Waals surface area contributed by atoms with E-state index in [0.29, 0.717) is 10.8 Å². The van der Waals surface area contributed by atoms with Crippen molar-refractivity contribution in [3.8, 4) is 0 Å². The predicted molar refractivity (Wildman–Crippen MR) is 98.9 cm³/mol. The fourth-order valence-electron chi connectivity index (χ4n) is 2.60. The second-order valence-electron chi connectivity index (χ2n) is 5.99. The summed E-state index contributed by atoms with van der Waals surface area (Å²) in [5, 5.41) is 17.2. The zero-order chi connectivity index (χ0) is 18.7. The van der Waals surface area contributed by atoms with E-state index in [1.807, 2.05) is 19.9 Å². The van der Waals surface area contributed by atoms with Crippen LogP contribution in [0.25, 0.3) is 10.2 Å². The molecule has 2 heterocycles. The molecule has 2 aromatic heterocycles. The van der Waals surface area contributed by atoms with Crippen molar-refractivity contribution in [3.05, 3.63) is 24.5 Å². The molecule has 10 heteroatoms. The molecule has 0 aliphatic heterocycles. The number of nitrogens with one attached hydrogen (secondary N) is 2. The van der Waals surface area contributed by atoms with Crippen LogP contribution in [0, 0.1) is 5.92 Å². The molecule has 26 heavy (non-hydrogen) atoms. The van der Waals surface area contributed by atoms with Gasteiger partial charge in [-0.2, -0.15) is 0 Å². The van der Waals surface area contributed by atoms with E-state index >= 15 is 0 Å². The van der Waals surface area contributed by atoms with Crippen molar-refractivity contribution in [3.63, 3.8) is 0 Å². The Morgan fingerprint density at radius 1 is 1.31 bits per heavy atom. The van der Waals surface area contributed by atoms with Crippen LogP contribution in [0.1, 0.15) is 33.2 Å². The highest BCUT2D eigenvalue weighted by molar-refractivity contribution is 7.22. The van der Waals surface area contributed by atoms with Crippen LogP contribution < -0.4 is 10.6 Å². The molecule has 3 rings (SSSR count). The van der Waals surface area contributed by atoms with Gasteiger partial charge in [-0.25, -0.2) is 9.67 Å². The lowest BCUT2D eigenvalue weighted by atomic mass is 9.99. The number of carbonyl (C=O) groups is 2. The summed E-state index contributed by atoms with van der Waals surface area (Å²) in [5.74, 6) is -0.299. The third-order valence-corrected chi connectivity index (χ3v) is 4.97. The molecule has 9 nitrogen and oxygen atoms in total. The van der Waals surface area contributed by atoms with Crippen molar-refractivity contribution in [1.29, 1.82) is 0 Å². The summed E-state index contributed by atoms with van der Waals surface area (Å²) >= 11 is 1.35. The Morgan fingerprint density at radius 2 is 2.12 bits per heavy atom. The summed E-state index contributed by atoms with van der Waals surface area (Å²) in [6.07, 6.45) is 2.24. The SMILES string of the molecule is CCC(C)C(C(=O)Nc1nc2ccc(NC(C)=O)cc2s1)n1cnnn1. The molecule has 0 fully saturated rings. The Bertz CT molecular complexity index is 922. The van der Waals surface area contributed by atoms with Crippen molar-refractivity contribution >= 4 is 44.2 Å². The number of amides is 2. The average Bonchev–Trinajstić information content (AvgIpc) is 3.23. The average molecular weight is 373 g/mol. The van der Waals surface area contributed by atoms with Gasteiger partial charge in [-0.15, -0.1) is 5.10 Å². The fraction of sp³-hybridized carbons (Fsp3) is 0.375. The number of nitrogens with zero attached hydrogens (tertiary/aromatic N) is 5. The molecule has 0 aliphatic carbocycles. The van der Waals surface area contributed by atoms with Crippen molar-refractivity contribution in [1.82, 2.24) is 25.2 Å². The Labute approximate surface area is 153 Å². The normalized spacial score (nSPS) is 13.3. The van der Waals surface area contributed by atoms with Crippen LogP contribution >= 0.6 is 11.3 Å². The lowest BCUT2D eigenvalue weighted by Crippen LogP contribution is -2.31. The van der Waals surface area contributed by atoms with Gasteiger partial charge in [-0.05, 0) is 34.5 Å². The summed E-state index contributed by atoms with van der Waals surface area (Å²) in [6.45, 7) is 5.44. The van der Waals surface area contributed by atoms with E-state index < -0.39 is 6.04 Å². The van der Waals surface area contributed by atoms with Crippen LogP contribution in [0.3, 0.4) is 0 Å². The van der Waals surface area contributed by atoms with Gasteiger partial charge in [-0.3, -0.25) is 9.59 Å². The highest BCUT2D eigenvalue weighted by Crippen LogP contribution is 2.30. The highest BCUT2D eigenvalue weighted by Gasteiger charge is 2.27. The Hall–Kier alpha value is -2.88. The molecule has 2 N–H and O–H groups in total. The summed E-state index contributed by atoms with van der Waals surface area (Å²) in [4.78, 5) is 28.4. The fourth-order valence-corrected chi connectivity index (χ4v) is 3.50. The number of hydrogen-bond donors (Lipinski definition) is 2. The summed E-state index contributed by atoms with van der Waals surface area (Å²) < 4.78 is 2.33. The molecule has 2 amide bonds. The molecule has 0 radical (unpaired) electrons. The smallest absolute Gasteiger partial charge is 0.251 e. The molecule has 2 atom stereocenters. The van der Waals surface area contributed by atoms with Gasteiger partial charge < -0.3 is 10.6 Å². The first-order chi connectivity index (χ1) is 12.5. The predicted octanol–water partition coefficient (Wildman–Crippen LogP) is 2.47. The first-order valence-corrected chi connectivity index (χ1v) is 9.01. The molecule has 2 unspecified atom stereocenters. The van der Waals surface area contributed by atoms with Gasteiger partial charge in [0.05, 0.1) is 10.2 Å². The van der Waals surface area contributed by atoms with Crippen LogP contribution in [-0.4, -0.2) is 37.0 Å². The van der Waals surface area contributed by atoms with Gasteiger partial charge in [0.25, 0.3) is 5.91 Å². The van der Waals surface area contributed by atoms with E-state index in [1.165, 1.54) is 29.3 Å². The van der Waals surface area contributed by atoms with Crippen molar-refractivity contribution < 1.29 is 9.59 Å². The summed E-state index contributed by atoms with van der Waals surface area (Å²) in [6, 6.07) is 4.90. The largest absolute Gasteiger partial charge is 0.326 e. The number of anilines is 2. The minimum Gasteiger partial charge on any atom is -0.326 e. The number of rotatable bonds is 6. The molecule has 0 bridgehead atoms. The van der Waals surface area contributed by atoms with E-state index in [0.717, 1.165) is 16.6 Å². The van der Waals surface area contributed by atoms with Gasteiger partial charge in [0.15, 0.2) is 5.13 Å². The van der Waals surface area contributed by atoms with E-state index in [-0.39, 0.29) is 17.7 Å². The minimum atomic E-state index is -0.517. The first kappa shape index (κ1) is 17.9. The molecule has 136 valence electrons. The highest BCUT2D eigenvalue weighted by atomic mass is 32.1. The van der Waals surface area contributed by atoms with Crippen LogP contribution in [0.5, 0.6) is 0 Å². The van der Waals surface area contributed by atoms with Gasteiger partial charge in [0.1, 0.15) is 12.4 Å². The maximum atomic E-state index is 12.8. The number of fused-ring (bicyclic) bond motifs is 1. The molecule has 0 saturated heterocycles. The maximum absolute atomic E-state index is 12.8. The number of tetrazole rings is 1. The second-order valence-corrected chi connectivity index (χ2v) is 7.02. The molecule has 0 aliphatic rings. The number of hydrogen-bond acceptors (Lipinski definition) is 7. The zero-order valence-electron chi connectivity index (χ0n) is 14.6. The lowest BCUT2D eigenvalue weighted by Gasteiger charge is -2.20. The van der Waals surface area contributed by atoms with Crippen LogP contribution in [0.4, 0.5) is 10.8 Å². The van der Waals surface area contributed by atoms with Crippen molar-refractivity contribution in [2.75, 3.05) is 10.6 Å². The van der Waals surface area contributed by atoms with Gasteiger partial charge in [0, 0.05) is 12.6 Å². The quantitative estimate of drug-likeness (QED) is 0.686. The standard InChI is InChI=1S/C16H19N7O2S/c1-4-9(2)14(23-8-17-21-22-23)15(25)20-16-19-12-6-5-11(18-10(3)24)7-13(12)26-16/h5-9,14H,4H2,1-3H3,(H,18,24)(H,19,20,25). The Morgan fingerprint density at radius 3 is 2.77 bits per heavy atom. The Kier molecular flexibility index (Phi) is 5.21. The molecule has 3 aromatic rings. The summed E-state index contributed by atoms with van der Waals surface area (Å²) in [7, 11) is 0. The van der Waals surface area contributed by atoms with Crippen LogP contribution in [0.15, 0.2) is 24.5 Å². The van der Waals surface area contributed by atoms with Gasteiger partial charge in [0.2, 0.25) is 5.91 Å². The van der Waals surface area contributed by atoms with Gasteiger partial charge in [-0.1, -0.05) is 31.6 Å². The molecule has 0 spiro atoms. The molecule has 1 aromatic carbocycles. The minimum absolute atomic E-state index is 0.0549. The topological polar surface area (TPSA) is 115 Å². The third kappa shape index (κ3) is 3.85. The number of aromatic nitrogens is 5. The summed E-state index contributed by atoms with van der Waals surface area (Å²) in [5.41, 5.74) is 1.44. The van der Waals surface area contributed by atoms with E-state index in [1.54, 1.807) is 12.1 Å². The molecule has 0 saturated carbocycles. The third-order valence-electron chi connectivity index (χ3n) is 4.04. The van der Waals surface area contributed by atoms with E-state index in [4.69, 9.17) is 0 Å². The molecular formula is C16H19N7O2S. The van der Waals surface area contributed by atoms with E-state index in [9.17, 15) is 9.59 Å². The zero-order valence-corrected chi connectivity index (χ0v) is 15.4.